The molecule has 2 aromatic rings. The molecule has 5 nitrogen and oxygen atoms in total. The summed E-state index contributed by atoms with van der Waals surface area (Å²) in [5.41, 5.74) is 4.66. The van der Waals surface area contributed by atoms with E-state index in [1.54, 1.807) is 20.4 Å². The number of hydrogen-bond donors (Lipinski definition) is 1. The predicted molar refractivity (Wildman–Crippen MR) is 85.3 cm³/mol. The highest BCUT2D eigenvalue weighted by molar-refractivity contribution is 9.10. The molecule has 20 heavy (non-hydrogen) atoms. The summed E-state index contributed by atoms with van der Waals surface area (Å²) < 4.78 is 11.5. The third-order valence-corrected chi connectivity index (χ3v) is 3.78. The van der Waals surface area contributed by atoms with Gasteiger partial charge in [0.2, 0.25) is 5.13 Å². The molecule has 1 aromatic heterocycles. The van der Waals surface area contributed by atoms with Crippen LogP contribution in [0.4, 0.5) is 5.13 Å². The first-order valence-electron chi connectivity index (χ1n) is 5.76. The number of hydrazone groups is 1. The second-order valence-corrected chi connectivity index (χ2v) is 5.67. The van der Waals surface area contributed by atoms with E-state index < -0.39 is 0 Å². The summed E-state index contributed by atoms with van der Waals surface area (Å²) in [7, 11) is 3.20. The van der Waals surface area contributed by atoms with Crippen LogP contribution in [0.25, 0.3) is 0 Å². The maximum atomic E-state index is 5.35. The molecule has 0 fully saturated rings. The van der Waals surface area contributed by atoms with Gasteiger partial charge in [0.25, 0.3) is 0 Å². The van der Waals surface area contributed by atoms with E-state index in [-0.39, 0.29) is 0 Å². The fourth-order valence-electron chi connectivity index (χ4n) is 1.62. The highest BCUT2D eigenvalue weighted by atomic mass is 79.9. The first kappa shape index (κ1) is 14.8. The summed E-state index contributed by atoms with van der Waals surface area (Å²) in [5.74, 6) is 1.28. The molecular formula is C13H14BrN3O2S. The number of methoxy groups -OCH3 is 2. The molecule has 0 radical (unpaired) electrons. The van der Waals surface area contributed by atoms with Crippen molar-refractivity contribution in [2.24, 2.45) is 5.10 Å². The van der Waals surface area contributed by atoms with Crippen molar-refractivity contribution in [1.82, 2.24) is 4.98 Å². The number of thiazole rings is 1. The maximum Gasteiger partial charge on any atom is 0.203 e. The number of aromatic nitrogens is 1. The largest absolute Gasteiger partial charge is 0.493 e. The molecule has 0 atom stereocenters. The van der Waals surface area contributed by atoms with E-state index in [1.165, 1.54) is 11.3 Å². The van der Waals surface area contributed by atoms with Crippen molar-refractivity contribution < 1.29 is 9.47 Å². The fourth-order valence-corrected chi connectivity index (χ4v) is 2.71. The van der Waals surface area contributed by atoms with Crippen LogP contribution in [0.1, 0.15) is 11.3 Å². The van der Waals surface area contributed by atoms with E-state index in [0.29, 0.717) is 11.5 Å². The van der Waals surface area contributed by atoms with Crippen LogP contribution in [0.3, 0.4) is 0 Å². The third-order valence-electron chi connectivity index (χ3n) is 2.46. The molecule has 1 aromatic carbocycles. The Labute approximate surface area is 129 Å². The van der Waals surface area contributed by atoms with Crippen molar-refractivity contribution in [3.63, 3.8) is 0 Å². The van der Waals surface area contributed by atoms with Crippen molar-refractivity contribution in [1.29, 1.82) is 0 Å². The zero-order chi connectivity index (χ0) is 14.5. The van der Waals surface area contributed by atoms with Crippen molar-refractivity contribution in [2.75, 3.05) is 19.6 Å². The predicted octanol–water partition coefficient (Wildman–Crippen LogP) is 3.68. The van der Waals surface area contributed by atoms with Gasteiger partial charge < -0.3 is 9.47 Å². The average Bonchev–Trinajstić information content (AvgIpc) is 2.83. The van der Waals surface area contributed by atoms with Crippen LogP contribution in [-0.4, -0.2) is 25.4 Å². The van der Waals surface area contributed by atoms with E-state index in [4.69, 9.17) is 9.47 Å². The fraction of sp³-hybridized carbons (Fsp3) is 0.231. The minimum absolute atomic E-state index is 0.636. The van der Waals surface area contributed by atoms with Gasteiger partial charge in [0.1, 0.15) is 0 Å². The van der Waals surface area contributed by atoms with Crippen molar-refractivity contribution in [2.45, 2.75) is 6.92 Å². The summed E-state index contributed by atoms with van der Waals surface area (Å²) in [6.07, 6.45) is 1.67. The van der Waals surface area contributed by atoms with Gasteiger partial charge in [-0.2, -0.15) is 5.10 Å². The molecule has 0 amide bonds. The highest BCUT2D eigenvalue weighted by Crippen LogP contribution is 2.33. The molecule has 0 saturated heterocycles. The molecule has 0 saturated carbocycles. The Morgan fingerprint density at radius 3 is 2.75 bits per heavy atom. The normalized spacial score (nSPS) is 10.8. The Kier molecular flexibility index (Phi) is 4.97. The molecule has 7 heteroatoms. The smallest absolute Gasteiger partial charge is 0.203 e. The number of hydrogen-bond acceptors (Lipinski definition) is 6. The Balaban J connectivity index is 2.21. The topological polar surface area (TPSA) is 55.7 Å². The van der Waals surface area contributed by atoms with Gasteiger partial charge >= 0.3 is 0 Å². The summed E-state index contributed by atoms with van der Waals surface area (Å²) in [6.45, 7) is 1.94. The number of nitrogens with zero attached hydrogens (tertiary/aromatic N) is 2. The molecule has 0 aliphatic heterocycles. The minimum atomic E-state index is 0.636. The summed E-state index contributed by atoms with van der Waals surface area (Å²) in [4.78, 5) is 4.26. The highest BCUT2D eigenvalue weighted by Gasteiger charge is 2.10. The van der Waals surface area contributed by atoms with Gasteiger partial charge in [0.05, 0.1) is 26.1 Å². The Morgan fingerprint density at radius 2 is 2.15 bits per heavy atom. The second-order valence-electron chi connectivity index (χ2n) is 3.89. The van der Waals surface area contributed by atoms with Crippen LogP contribution < -0.4 is 14.9 Å². The van der Waals surface area contributed by atoms with Gasteiger partial charge in [-0.25, -0.2) is 4.98 Å². The van der Waals surface area contributed by atoms with Gasteiger partial charge in [0.15, 0.2) is 11.5 Å². The standard InChI is InChI=1S/C13H14BrN3O2S/c1-8-7-20-13(16-8)17-15-6-9-4-10(14)5-11(18-2)12(9)19-3/h4-7H,1-3H3,(H,16,17)/b15-6-. The first-order chi connectivity index (χ1) is 9.63. The molecule has 0 bridgehead atoms. The first-order valence-corrected chi connectivity index (χ1v) is 7.44. The van der Waals surface area contributed by atoms with Crippen LogP contribution in [0.5, 0.6) is 11.5 Å². The second kappa shape index (κ2) is 6.71. The number of rotatable bonds is 5. The van der Waals surface area contributed by atoms with Gasteiger partial charge in [0, 0.05) is 15.4 Å². The molecule has 106 valence electrons. The van der Waals surface area contributed by atoms with Gasteiger partial charge in [-0.15, -0.1) is 11.3 Å². The minimum Gasteiger partial charge on any atom is -0.493 e. The third kappa shape index (κ3) is 3.49. The van der Waals surface area contributed by atoms with Crippen LogP contribution in [-0.2, 0) is 0 Å². The molecule has 0 spiro atoms. The lowest BCUT2D eigenvalue weighted by Crippen LogP contribution is -1.97. The van der Waals surface area contributed by atoms with E-state index >= 15 is 0 Å². The van der Waals surface area contributed by atoms with Crippen LogP contribution in [0, 0.1) is 6.92 Å². The summed E-state index contributed by atoms with van der Waals surface area (Å²) in [6, 6.07) is 3.74. The van der Waals surface area contributed by atoms with Crippen LogP contribution >= 0.6 is 27.3 Å². The molecule has 0 aliphatic carbocycles. The summed E-state index contributed by atoms with van der Waals surface area (Å²) >= 11 is 4.93. The van der Waals surface area contributed by atoms with E-state index in [0.717, 1.165) is 20.9 Å². The van der Waals surface area contributed by atoms with Crippen molar-refractivity contribution in [3.8, 4) is 11.5 Å². The lowest BCUT2D eigenvalue weighted by molar-refractivity contribution is 0.354. The van der Waals surface area contributed by atoms with Crippen molar-refractivity contribution >= 4 is 38.6 Å². The molecule has 2 rings (SSSR count). The van der Waals surface area contributed by atoms with Gasteiger partial charge in [-0.1, -0.05) is 15.9 Å². The van der Waals surface area contributed by atoms with Crippen molar-refractivity contribution in [3.05, 3.63) is 33.2 Å². The molecule has 0 unspecified atom stereocenters. The van der Waals surface area contributed by atoms with E-state index in [9.17, 15) is 0 Å². The number of benzene rings is 1. The monoisotopic (exact) mass is 355 g/mol. The Bertz CT molecular complexity index is 628. The average molecular weight is 356 g/mol. The summed E-state index contributed by atoms with van der Waals surface area (Å²) in [5, 5.41) is 6.88. The lowest BCUT2D eigenvalue weighted by atomic mass is 10.2. The number of ether oxygens (including phenoxy) is 2. The Hall–Kier alpha value is -1.60. The van der Waals surface area contributed by atoms with E-state index in [1.807, 2.05) is 24.4 Å². The molecular weight excluding hydrogens is 342 g/mol. The number of nitrogens with one attached hydrogen (secondary N) is 1. The number of halogens is 1. The molecule has 1 heterocycles. The Morgan fingerprint density at radius 1 is 1.35 bits per heavy atom. The van der Waals surface area contributed by atoms with Crippen LogP contribution in [0.2, 0.25) is 0 Å². The lowest BCUT2D eigenvalue weighted by Gasteiger charge is -2.10. The molecule has 1 N–H and O–H groups in total. The maximum absolute atomic E-state index is 5.35. The van der Waals surface area contributed by atoms with Crippen LogP contribution in [0.15, 0.2) is 27.1 Å². The quantitative estimate of drug-likeness (QED) is 0.656. The SMILES string of the molecule is COc1cc(Br)cc(/C=N\Nc2nc(C)cs2)c1OC. The van der Waals surface area contributed by atoms with Gasteiger partial charge in [-0.3, -0.25) is 5.43 Å². The zero-order valence-electron chi connectivity index (χ0n) is 11.3. The molecule has 0 aliphatic rings. The zero-order valence-corrected chi connectivity index (χ0v) is 13.7. The van der Waals surface area contributed by atoms with E-state index in [2.05, 4.69) is 31.4 Å². The number of aryl methyl sites for hydroxylation is 1. The number of anilines is 1. The van der Waals surface area contributed by atoms with Gasteiger partial charge in [-0.05, 0) is 19.1 Å².